The Labute approximate surface area is 114 Å². The Morgan fingerprint density at radius 1 is 1.32 bits per heavy atom. The van der Waals surface area contributed by atoms with Gasteiger partial charge in [-0.15, -0.1) is 10.2 Å². The maximum atomic E-state index is 4.45. The molecular formula is C13H13N5S. The number of nitrogens with one attached hydrogen (secondary N) is 1. The zero-order valence-electron chi connectivity index (χ0n) is 10.7. The molecule has 3 aromatic rings. The summed E-state index contributed by atoms with van der Waals surface area (Å²) in [7, 11) is 0. The summed E-state index contributed by atoms with van der Waals surface area (Å²) in [5, 5.41) is 14.5. The average Bonchev–Trinajstić information content (AvgIpc) is 3.00. The van der Waals surface area contributed by atoms with Gasteiger partial charge in [-0.05, 0) is 19.2 Å². The van der Waals surface area contributed by atoms with Crippen molar-refractivity contribution in [2.24, 2.45) is 5.10 Å². The van der Waals surface area contributed by atoms with Crippen molar-refractivity contribution < 1.29 is 0 Å². The summed E-state index contributed by atoms with van der Waals surface area (Å²) in [5.41, 5.74) is 2.16. The highest BCUT2D eigenvalue weighted by Crippen LogP contribution is 2.17. The molecule has 0 unspecified atom stereocenters. The number of fused-ring (bicyclic) bond motifs is 1. The molecule has 3 rings (SSSR count). The molecule has 1 aromatic carbocycles. The van der Waals surface area contributed by atoms with Gasteiger partial charge in [-0.3, -0.25) is 0 Å². The summed E-state index contributed by atoms with van der Waals surface area (Å²) in [6, 6.07) is 8.14. The topological polar surface area (TPSA) is 58.9 Å². The second-order valence-electron chi connectivity index (χ2n) is 4.08. The smallest absolute Gasteiger partial charge is 0.211 e. The number of rotatable bonds is 3. The Morgan fingerprint density at radius 3 is 3.00 bits per heavy atom. The fourth-order valence-corrected chi connectivity index (χ4v) is 2.39. The lowest BCUT2D eigenvalue weighted by molar-refractivity contribution is 0.745. The number of aromatic amines is 1. The van der Waals surface area contributed by atoms with Crippen LogP contribution in [0.3, 0.4) is 0 Å². The lowest BCUT2D eigenvalue weighted by atomic mass is 10.2. The van der Waals surface area contributed by atoms with Crippen molar-refractivity contribution >= 4 is 28.9 Å². The lowest BCUT2D eigenvalue weighted by Gasteiger charge is -1.98. The zero-order chi connectivity index (χ0) is 13.2. The zero-order valence-corrected chi connectivity index (χ0v) is 11.5. The third-order valence-electron chi connectivity index (χ3n) is 2.88. The maximum absolute atomic E-state index is 4.45. The molecule has 0 fully saturated rings. The van der Waals surface area contributed by atoms with Crippen molar-refractivity contribution in [2.45, 2.75) is 12.1 Å². The molecule has 0 atom stereocenters. The number of hydrogen-bond donors (Lipinski definition) is 1. The van der Waals surface area contributed by atoms with Gasteiger partial charge in [0.05, 0.1) is 6.21 Å². The summed E-state index contributed by atoms with van der Waals surface area (Å²) in [4.78, 5) is 3.22. The van der Waals surface area contributed by atoms with Crippen molar-refractivity contribution in [1.82, 2.24) is 19.9 Å². The number of thioether (sulfide) groups is 1. The van der Waals surface area contributed by atoms with E-state index in [1.165, 1.54) is 11.8 Å². The van der Waals surface area contributed by atoms with Crippen LogP contribution in [0.5, 0.6) is 0 Å². The van der Waals surface area contributed by atoms with Gasteiger partial charge < -0.3 is 4.98 Å². The average molecular weight is 271 g/mol. The van der Waals surface area contributed by atoms with Gasteiger partial charge in [-0.25, -0.2) is 0 Å². The predicted molar refractivity (Wildman–Crippen MR) is 77.8 cm³/mol. The summed E-state index contributed by atoms with van der Waals surface area (Å²) >= 11 is 1.52. The van der Waals surface area contributed by atoms with Gasteiger partial charge in [-0.1, -0.05) is 30.0 Å². The molecule has 2 heterocycles. The van der Waals surface area contributed by atoms with Crippen LogP contribution in [0.15, 0.2) is 40.7 Å². The van der Waals surface area contributed by atoms with E-state index in [2.05, 4.69) is 26.3 Å². The minimum atomic E-state index is 0.778. The van der Waals surface area contributed by atoms with Gasteiger partial charge in [0.1, 0.15) is 0 Å². The van der Waals surface area contributed by atoms with E-state index in [9.17, 15) is 0 Å². The molecule has 96 valence electrons. The Balaban J connectivity index is 2.00. The highest BCUT2D eigenvalue weighted by molar-refractivity contribution is 7.98. The molecule has 0 saturated carbocycles. The number of hydrogen-bond acceptors (Lipinski definition) is 4. The third kappa shape index (κ3) is 2.15. The Morgan fingerprint density at radius 2 is 2.16 bits per heavy atom. The van der Waals surface area contributed by atoms with Crippen LogP contribution in [0.2, 0.25) is 0 Å². The first kappa shape index (κ1) is 12.0. The van der Waals surface area contributed by atoms with Crippen LogP contribution >= 0.6 is 11.8 Å². The number of aromatic nitrogens is 4. The Hall–Kier alpha value is -2.08. The van der Waals surface area contributed by atoms with E-state index < -0.39 is 0 Å². The number of para-hydroxylation sites is 1. The largest absolute Gasteiger partial charge is 0.361 e. The molecule has 0 aliphatic carbocycles. The second-order valence-corrected chi connectivity index (χ2v) is 4.85. The van der Waals surface area contributed by atoms with E-state index in [1.807, 2.05) is 43.8 Å². The lowest BCUT2D eigenvalue weighted by Crippen LogP contribution is -1.95. The fourth-order valence-electron chi connectivity index (χ4n) is 1.92. The van der Waals surface area contributed by atoms with E-state index in [0.717, 1.165) is 27.4 Å². The first-order chi connectivity index (χ1) is 9.29. The maximum Gasteiger partial charge on any atom is 0.211 e. The Kier molecular flexibility index (Phi) is 3.08. The van der Waals surface area contributed by atoms with Crippen LogP contribution in [0, 0.1) is 6.92 Å². The summed E-state index contributed by atoms with van der Waals surface area (Å²) in [6.45, 7) is 1.89. The normalized spacial score (nSPS) is 11.7. The van der Waals surface area contributed by atoms with Crippen molar-refractivity contribution in [3.05, 3.63) is 41.9 Å². The minimum absolute atomic E-state index is 0.778. The molecule has 0 spiro atoms. The van der Waals surface area contributed by atoms with Gasteiger partial charge in [0.15, 0.2) is 5.82 Å². The molecule has 2 aromatic heterocycles. The van der Waals surface area contributed by atoms with Gasteiger partial charge >= 0.3 is 0 Å². The molecule has 5 nitrogen and oxygen atoms in total. The number of nitrogens with zero attached hydrogens (tertiary/aromatic N) is 4. The van der Waals surface area contributed by atoms with Crippen LogP contribution in [0.1, 0.15) is 11.4 Å². The van der Waals surface area contributed by atoms with E-state index in [0.29, 0.717) is 0 Å². The van der Waals surface area contributed by atoms with Gasteiger partial charge in [0.25, 0.3) is 0 Å². The molecule has 6 heteroatoms. The highest BCUT2D eigenvalue weighted by atomic mass is 32.2. The second kappa shape index (κ2) is 4.89. The third-order valence-corrected chi connectivity index (χ3v) is 3.50. The molecule has 19 heavy (non-hydrogen) atoms. The molecule has 0 saturated heterocycles. The monoisotopic (exact) mass is 271 g/mol. The van der Waals surface area contributed by atoms with Crippen molar-refractivity contribution in [1.29, 1.82) is 0 Å². The van der Waals surface area contributed by atoms with Crippen LogP contribution < -0.4 is 0 Å². The SMILES string of the molecule is CSc1nnc(C)n1/N=C\c1c[nH]c2ccccc12. The van der Waals surface area contributed by atoms with Crippen molar-refractivity contribution in [3.8, 4) is 0 Å². The highest BCUT2D eigenvalue weighted by Gasteiger charge is 2.06. The van der Waals surface area contributed by atoms with Gasteiger partial charge in [0.2, 0.25) is 5.16 Å². The predicted octanol–water partition coefficient (Wildman–Crippen LogP) is 2.67. The van der Waals surface area contributed by atoms with Crippen LogP contribution in [-0.2, 0) is 0 Å². The van der Waals surface area contributed by atoms with Crippen LogP contribution in [0.4, 0.5) is 0 Å². The number of benzene rings is 1. The molecule has 0 amide bonds. The first-order valence-corrected chi connectivity index (χ1v) is 7.08. The van der Waals surface area contributed by atoms with Gasteiger partial charge in [-0.2, -0.15) is 9.78 Å². The van der Waals surface area contributed by atoms with E-state index in [4.69, 9.17) is 0 Å². The van der Waals surface area contributed by atoms with Gasteiger partial charge in [0, 0.05) is 22.7 Å². The van der Waals surface area contributed by atoms with Crippen LogP contribution in [-0.4, -0.2) is 32.3 Å². The van der Waals surface area contributed by atoms with E-state index in [-0.39, 0.29) is 0 Å². The van der Waals surface area contributed by atoms with E-state index in [1.54, 1.807) is 4.68 Å². The molecule has 0 radical (unpaired) electrons. The summed E-state index contributed by atoms with van der Waals surface area (Å²) in [5.74, 6) is 0.778. The van der Waals surface area contributed by atoms with Crippen LogP contribution in [0.25, 0.3) is 10.9 Å². The quantitative estimate of drug-likeness (QED) is 0.588. The standard InChI is InChI=1S/C13H13N5S/c1-9-16-17-13(19-2)18(9)15-8-10-7-14-12-6-4-3-5-11(10)12/h3-8,14H,1-2H3/b15-8-. The van der Waals surface area contributed by atoms with Crippen molar-refractivity contribution in [2.75, 3.05) is 6.26 Å². The minimum Gasteiger partial charge on any atom is -0.361 e. The van der Waals surface area contributed by atoms with E-state index >= 15 is 0 Å². The first-order valence-electron chi connectivity index (χ1n) is 5.86. The molecule has 0 aliphatic heterocycles. The number of H-pyrrole nitrogens is 1. The summed E-state index contributed by atoms with van der Waals surface area (Å²) < 4.78 is 1.74. The number of aryl methyl sites for hydroxylation is 1. The fraction of sp³-hybridized carbons (Fsp3) is 0.154. The molecular weight excluding hydrogens is 258 g/mol. The molecule has 0 bridgehead atoms. The summed E-state index contributed by atoms with van der Waals surface area (Å²) in [6.07, 6.45) is 5.74. The molecule has 0 aliphatic rings. The Bertz CT molecular complexity index is 740. The van der Waals surface area contributed by atoms with Crippen molar-refractivity contribution in [3.63, 3.8) is 0 Å². The molecule has 1 N–H and O–H groups in total.